The zero-order chi connectivity index (χ0) is 36.1. The summed E-state index contributed by atoms with van der Waals surface area (Å²) in [5, 5.41) is 2.48. The molecule has 1 spiro atoms. The lowest BCUT2D eigenvalue weighted by atomic mass is 9.50. The average Bonchev–Trinajstić information content (AvgIpc) is 3.53. The molecule has 0 radical (unpaired) electrons. The van der Waals surface area contributed by atoms with Crippen molar-refractivity contribution in [1.29, 1.82) is 0 Å². The Morgan fingerprint density at radius 2 is 1.17 bits per heavy atom. The van der Waals surface area contributed by atoms with Crippen LogP contribution in [0.3, 0.4) is 0 Å². The molecule has 0 saturated heterocycles. The smallest absolute Gasteiger partial charge is 0.0720 e. The minimum atomic E-state index is -0.496. The van der Waals surface area contributed by atoms with Crippen LogP contribution in [0.25, 0.3) is 33.5 Å². The van der Waals surface area contributed by atoms with Gasteiger partial charge >= 0.3 is 0 Å². The first-order valence-corrected chi connectivity index (χ1v) is 19.1. The molecule has 0 N–H and O–H groups in total. The maximum atomic E-state index is 4.06. The third-order valence-corrected chi connectivity index (χ3v) is 12.1. The van der Waals surface area contributed by atoms with E-state index >= 15 is 0 Å². The maximum absolute atomic E-state index is 4.06. The van der Waals surface area contributed by atoms with Gasteiger partial charge in [-0.1, -0.05) is 206 Å². The molecule has 0 unspecified atom stereocenters. The summed E-state index contributed by atoms with van der Waals surface area (Å²) in [6.07, 6.45) is 17.5. The molecule has 3 aliphatic carbocycles. The molecule has 0 atom stereocenters. The number of allylic oxidation sites excluding steroid dienone is 8. The normalized spacial score (nSPS) is 19.6. The third-order valence-electron chi connectivity index (χ3n) is 12.1. The van der Waals surface area contributed by atoms with Crippen LogP contribution in [0.2, 0.25) is 0 Å². The van der Waals surface area contributed by atoms with Crippen molar-refractivity contribution in [2.75, 3.05) is 0 Å². The highest BCUT2D eigenvalue weighted by Crippen LogP contribution is 2.65. The van der Waals surface area contributed by atoms with Crippen molar-refractivity contribution in [3.05, 3.63) is 262 Å². The van der Waals surface area contributed by atoms with E-state index in [2.05, 4.69) is 207 Å². The Morgan fingerprint density at radius 1 is 0.537 bits per heavy atom. The second-order valence-electron chi connectivity index (χ2n) is 14.7. The zero-order valence-electron chi connectivity index (χ0n) is 30.3. The molecular formula is C54H40. The molecular weight excluding hydrogens is 649 g/mol. The van der Waals surface area contributed by atoms with Crippen LogP contribution in [-0.4, -0.2) is 0 Å². The number of hydrogen-bond acceptors (Lipinski definition) is 0. The minimum Gasteiger partial charge on any atom is -0.0990 e. The first-order valence-electron chi connectivity index (χ1n) is 19.1. The number of hydrogen-bond donors (Lipinski definition) is 0. The molecule has 0 heterocycles. The molecule has 54 heavy (non-hydrogen) atoms. The van der Waals surface area contributed by atoms with Crippen molar-refractivity contribution < 1.29 is 0 Å². The van der Waals surface area contributed by atoms with Crippen LogP contribution in [0.15, 0.2) is 212 Å². The van der Waals surface area contributed by atoms with Crippen molar-refractivity contribution in [3.8, 4) is 11.1 Å². The molecule has 0 bridgehead atoms. The van der Waals surface area contributed by atoms with E-state index in [1.165, 1.54) is 77.5 Å². The Balaban J connectivity index is 1.22. The summed E-state index contributed by atoms with van der Waals surface area (Å²) in [7, 11) is 0. The average molecular weight is 689 g/mol. The molecule has 0 heteroatoms. The molecule has 10 rings (SSSR count). The van der Waals surface area contributed by atoms with Crippen molar-refractivity contribution in [1.82, 2.24) is 0 Å². The number of benzene rings is 7. The van der Waals surface area contributed by atoms with Gasteiger partial charge in [-0.2, -0.15) is 0 Å². The lowest BCUT2D eigenvalue weighted by Gasteiger charge is -2.51. The summed E-state index contributed by atoms with van der Waals surface area (Å²) in [5.74, 6) is 0. The van der Waals surface area contributed by atoms with Crippen molar-refractivity contribution >= 4 is 22.4 Å². The summed E-state index contributed by atoms with van der Waals surface area (Å²) in [5.41, 5.74) is 16.1. The highest BCUT2D eigenvalue weighted by Gasteiger charge is 2.56. The molecule has 0 fully saturated rings. The molecule has 0 aromatic heterocycles. The Morgan fingerprint density at radius 3 is 1.87 bits per heavy atom. The van der Waals surface area contributed by atoms with E-state index in [4.69, 9.17) is 0 Å². The predicted molar refractivity (Wildman–Crippen MR) is 228 cm³/mol. The lowest BCUT2D eigenvalue weighted by molar-refractivity contribution is 0.595. The summed E-state index contributed by atoms with van der Waals surface area (Å²) >= 11 is 0. The molecule has 256 valence electrons. The zero-order valence-corrected chi connectivity index (χ0v) is 30.3. The second kappa shape index (κ2) is 12.9. The molecule has 3 aliphatic rings. The van der Waals surface area contributed by atoms with Crippen LogP contribution in [-0.2, 0) is 10.8 Å². The molecule has 7 aromatic rings. The lowest BCUT2D eigenvalue weighted by Crippen LogP contribution is -2.45. The van der Waals surface area contributed by atoms with E-state index in [1.54, 1.807) is 0 Å². The van der Waals surface area contributed by atoms with Gasteiger partial charge in [0.05, 0.1) is 10.8 Å². The van der Waals surface area contributed by atoms with E-state index < -0.39 is 10.8 Å². The summed E-state index contributed by atoms with van der Waals surface area (Å²) in [4.78, 5) is 0. The Labute approximate surface area is 318 Å². The Hall–Kier alpha value is -6.50. The molecule has 0 nitrogen and oxygen atoms in total. The second-order valence-corrected chi connectivity index (χ2v) is 14.7. The fourth-order valence-corrected chi connectivity index (χ4v) is 9.92. The fraction of sp³-hybridized carbons (Fsp3) is 0.0741. The van der Waals surface area contributed by atoms with Crippen LogP contribution >= 0.6 is 0 Å². The van der Waals surface area contributed by atoms with Gasteiger partial charge in [0.1, 0.15) is 0 Å². The largest absolute Gasteiger partial charge is 0.0990 e. The first kappa shape index (κ1) is 32.2. The van der Waals surface area contributed by atoms with Gasteiger partial charge in [-0.3, -0.25) is 0 Å². The van der Waals surface area contributed by atoms with Crippen LogP contribution in [0.1, 0.15) is 62.9 Å². The first-order chi connectivity index (χ1) is 26.7. The molecule has 0 saturated carbocycles. The van der Waals surface area contributed by atoms with Crippen molar-refractivity contribution in [2.24, 2.45) is 0 Å². The van der Waals surface area contributed by atoms with Gasteiger partial charge in [0, 0.05) is 0 Å². The number of fused-ring (bicyclic) bond motifs is 10. The highest BCUT2D eigenvalue weighted by atomic mass is 14.6. The minimum absolute atomic E-state index is 0.427. The van der Waals surface area contributed by atoms with Gasteiger partial charge in [0.2, 0.25) is 0 Å². The van der Waals surface area contributed by atoms with E-state index in [1.807, 2.05) is 6.08 Å². The fourth-order valence-electron chi connectivity index (χ4n) is 9.92. The van der Waals surface area contributed by atoms with Crippen LogP contribution in [0, 0.1) is 0 Å². The van der Waals surface area contributed by atoms with E-state index in [9.17, 15) is 0 Å². The third kappa shape index (κ3) is 4.63. The van der Waals surface area contributed by atoms with Gasteiger partial charge in [0.15, 0.2) is 0 Å². The Kier molecular flexibility index (Phi) is 7.67. The topological polar surface area (TPSA) is 0 Å². The summed E-state index contributed by atoms with van der Waals surface area (Å²) in [6, 6.07) is 61.4. The summed E-state index contributed by atoms with van der Waals surface area (Å²) in [6.45, 7) is 4.06. The van der Waals surface area contributed by atoms with Crippen LogP contribution < -0.4 is 0 Å². The quantitative estimate of drug-likeness (QED) is 0.153. The predicted octanol–water partition coefficient (Wildman–Crippen LogP) is 13.4. The van der Waals surface area contributed by atoms with E-state index in [0.29, 0.717) is 0 Å². The van der Waals surface area contributed by atoms with Gasteiger partial charge in [-0.15, -0.1) is 0 Å². The van der Waals surface area contributed by atoms with Crippen LogP contribution in [0.4, 0.5) is 0 Å². The van der Waals surface area contributed by atoms with Gasteiger partial charge in [-0.05, 0) is 103 Å². The maximum Gasteiger partial charge on any atom is 0.0720 e. The standard InChI is InChI=1S/C54H40/c1-2-17-39(42-34-33-40-18-9-10-19-41(40)37-42)32-30-38-31-35-46-45-24-11-12-25-47(45)54(52(46)36-38)50-28-15-13-26-48(50)53(43-20-5-3-6-21-43,44-22-7-4-8-23-44)49-27-14-16-29-51(49)54/h2-7,9-22,24-37H,1,8,23H2/b32-30-,39-17+. The van der Waals surface area contributed by atoms with E-state index in [0.717, 1.165) is 18.4 Å². The Bertz CT molecular complexity index is 2680. The molecule has 7 aromatic carbocycles. The summed E-state index contributed by atoms with van der Waals surface area (Å²) < 4.78 is 0. The molecule has 0 amide bonds. The number of rotatable bonds is 6. The monoisotopic (exact) mass is 688 g/mol. The van der Waals surface area contributed by atoms with Crippen molar-refractivity contribution in [3.63, 3.8) is 0 Å². The highest BCUT2D eigenvalue weighted by molar-refractivity contribution is 5.92. The van der Waals surface area contributed by atoms with E-state index in [-0.39, 0.29) is 0 Å². The van der Waals surface area contributed by atoms with Gasteiger partial charge in [0.25, 0.3) is 0 Å². The molecule has 0 aliphatic heterocycles. The van der Waals surface area contributed by atoms with Crippen molar-refractivity contribution in [2.45, 2.75) is 23.7 Å². The SMILES string of the molecule is C=C/C=C(\C=C/c1ccc2c(c1)C1(c3ccccc3-2)c2ccccc2C(C2=CC=CCC2)(c2ccccc2)c2ccccc21)c1ccc2ccccc2c1. The van der Waals surface area contributed by atoms with Gasteiger partial charge in [-0.25, -0.2) is 0 Å². The van der Waals surface area contributed by atoms with Crippen LogP contribution in [0.5, 0.6) is 0 Å². The van der Waals surface area contributed by atoms with Gasteiger partial charge < -0.3 is 0 Å².